The smallest absolute Gasteiger partial charge is 0.416 e. The summed E-state index contributed by atoms with van der Waals surface area (Å²) >= 11 is 1.87. The fourth-order valence-electron chi connectivity index (χ4n) is 3.21. The predicted molar refractivity (Wildman–Crippen MR) is 110 cm³/mol. The minimum Gasteiger partial charge on any atom is -0.468 e. The van der Waals surface area contributed by atoms with Gasteiger partial charge in [-0.15, -0.1) is 11.8 Å². The number of nitrogens with two attached hydrogens (primary N) is 1. The molecule has 2 aromatic carbocycles. The summed E-state index contributed by atoms with van der Waals surface area (Å²) in [5, 5.41) is 3.82. The molecule has 1 heterocycles. The van der Waals surface area contributed by atoms with E-state index in [0.29, 0.717) is 11.0 Å². The minimum atomic E-state index is -4.61. The number of ether oxygens (including phenoxy) is 2. The number of methoxy groups -OCH3 is 1. The van der Waals surface area contributed by atoms with E-state index in [2.05, 4.69) is 10.1 Å². The van der Waals surface area contributed by atoms with Crippen LogP contribution in [0.15, 0.2) is 42.5 Å². The van der Waals surface area contributed by atoms with Crippen LogP contribution in [0, 0.1) is 0 Å². The first-order valence-electron chi connectivity index (χ1n) is 9.39. The number of hydrogen-bond acceptors (Lipinski definition) is 6. The van der Waals surface area contributed by atoms with Crippen molar-refractivity contribution in [3.63, 3.8) is 0 Å². The van der Waals surface area contributed by atoms with Gasteiger partial charge in [0.05, 0.1) is 12.7 Å². The van der Waals surface area contributed by atoms with E-state index in [1.54, 1.807) is 12.1 Å². The Labute approximate surface area is 177 Å². The maximum Gasteiger partial charge on any atom is 0.416 e. The quantitative estimate of drug-likeness (QED) is 0.639. The van der Waals surface area contributed by atoms with E-state index >= 15 is 0 Å². The van der Waals surface area contributed by atoms with Crippen molar-refractivity contribution in [3.8, 4) is 11.5 Å². The van der Waals surface area contributed by atoms with Gasteiger partial charge in [0.2, 0.25) is 0 Å². The Morgan fingerprint density at radius 3 is 2.53 bits per heavy atom. The summed E-state index contributed by atoms with van der Waals surface area (Å²) in [6, 6.07) is 9.79. The molecule has 2 unspecified atom stereocenters. The summed E-state index contributed by atoms with van der Waals surface area (Å²) in [6.07, 6.45) is -3.97. The monoisotopic (exact) mass is 440 g/mol. The molecular weight excluding hydrogens is 417 g/mol. The van der Waals surface area contributed by atoms with Crippen LogP contribution in [-0.2, 0) is 28.5 Å². The van der Waals surface area contributed by atoms with Crippen molar-refractivity contribution in [3.05, 3.63) is 59.2 Å². The molecule has 5 nitrogen and oxygen atoms in total. The van der Waals surface area contributed by atoms with E-state index in [0.717, 1.165) is 37.6 Å². The third kappa shape index (κ3) is 5.90. The second kappa shape index (κ2) is 9.72. The largest absolute Gasteiger partial charge is 0.468 e. The van der Waals surface area contributed by atoms with E-state index in [-0.39, 0.29) is 17.7 Å². The third-order valence-electron chi connectivity index (χ3n) is 4.75. The summed E-state index contributed by atoms with van der Waals surface area (Å²) < 4.78 is 50.7. The molecule has 30 heavy (non-hydrogen) atoms. The van der Waals surface area contributed by atoms with Crippen LogP contribution in [0.1, 0.15) is 16.7 Å². The molecule has 0 amide bonds. The lowest BCUT2D eigenvalue weighted by molar-refractivity contribution is -0.143. The summed E-state index contributed by atoms with van der Waals surface area (Å²) in [5.74, 6) is 0.688. The molecule has 9 heteroatoms. The number of benzene rings is 2. The Balaban J connectivity index is 1.73. The van der Waals surface area contributed by atoms with Crippen molar-refractivity contribution in [1.29, 1.82) is 0 Å². The van der Waals surface area contributed by atoms with Crippen LogP contribution < -0.4 is 15.8 Å². The van der Waals surface area contributed by atoms with Crippen LogP contribution in [0.5, 0.6) is 11.5 Å². The van der Waals surface area contributed by atoms with E-state index in [4.69, 9.17) is 10.5 Å². The number of halogens is 3. The van der Waals surface area contributed by atoms with Gasteiger partial charge in [0.25, 0.3) is 0 Å². The van der Waals surface area contributed by atoms with Crippen LogP contribution in [0.25, 0.3) is 0 Å². The number of nitrogens with one attached hydrogen (secondary N) is 1. The zero-order valence-electron chi connectivity index (χ0n) is 16.4. The van der Waals surface area contributed by atoms with Gasteiger partial charge in [-0.25, -0.2) is 0 Å². The molecule has 3 N–H and O–H groups in total. The van der Waals surface area contributed by atoms with Crippen molar-refractivity contribution in [1.82, 2.24) is 5.32 Å². The summed E-state index contributed by atoms with van der Waals surface area (Å²) in [6.45, 7) is 0.967. The molecule has 1 aliphatic rings. The highest BCUT2D eigenvalue weighted by Crippen LogP contribution is 2.36. The highest BCUT2D eigenvalue weighted by Gasteiger charge is 2.34. The number of carbonyl (C=O) groups excluding carboxylic acids is 1. The van der Waals surface area contributed by atoms with Gasteiger partial charge in [0.1, 0.15) is 17.5 Å². The molecule has 1 aliphatic heterocycles. The van der Waals surface area contributed by atoms with Gasteiger partial charge in [0, 0.05) is 17.7 Å². The number of thioether (sulfide) groups is 1. The van der Waals surface area contributed by atoms with Gasteiger partial charge >= 0.3 is 12.1 Å². The fourth-order valence-corrected chi connectivity index (χ4v) is 4.23. The molecular formula is C21H23F3N2O3S. The summed E-state index contributed by atoms with van der Waals surface area (Å²) in [5.41, 5.74) is 5.79. The van der Waals surface area contributed by atoms with Crippen LogP contribution in [-0.4, -0.2) is 36.8 Å². The summed E-state index contributed by atoms with van der Waals surface area (Å²) in [4.78, 5) is 11.5. The third-order valence-corrected chi connectivity index (χ3v) is 5.92. The first kappa shape index (κ1) is 22.5. The lowest BCUT2D eigenvalue weighted by Gasteiger charge is -2.17. The molecule has 0 radical (unpaired) electrons. The molecule has 162 valence electrons. The molecule has 2 atom stereocenters. The van der Waals surface area contributed by atoms with Crippen molar-refractivity contribution >= 4 is 17.7 Å². The highest BCUT2D eigenvalue weighted by atomic mass is 32.2. The number of esters is 1. The minimum absolute atomic E-state index is 0.0565. The number of hydrogen-bond donors (Lipinski definition) is 2. The average molecular weight is 440 g/mol. The maximum atomic E-state index is 13.5. The first-order valence-corrected chi connectivity index (χ1v) is 10.4. The SMILES string of the molecule is COC(=O)C(N)Cc1ccc(Oc2ccc(CC3CNCS3)cc2)cc1C(F)(F)F. The highest BCUT2D eigenvalue weighted by molar-refractivity contribution is 8.00. The Morgan fingerprint density at radius 2 is 1.93 bits per heavy atom. The van der Waals surface area contributed by atoms with Gasteiger partial charge < -0.3 is 20.5 Å². The van der Waals surface area contributed by atoms with E-state index < -0.39 is 23.8 Å². The van der Waals surface area contributed by atoms with Crippen LogP contribution >= 0.6 is 11.8 Å². The van der Waals surface area contributed by atoms with E-state index in [9.17, 15) is 18.0 Å². The topological polar surface area (TPSA) is 73.6 Å². The number of carbonyl (C=O) groups is 1. The van der Waals surface area contributed by atoms with Crippen LogP contribution in [0.3, 0.4) is 0 Å². The standard InChI is InChI=1S/C21H23F3N2O3S/c1-28-20(27)19(25)9-14-4-7-16(10-18(14)21(22,23)24)29-15-5-2-13(3-6-15)8-17-11-26-12-30-17/h2-7,10,17,19,26H,8-9,11-12,25H2,1H3. The summed E-state index contributed by atoms with van der Waals surface area (Å²) in [7, 11) is 1.14. The van der Waals surface area contributed by atoms with Gasteiger partial charge in [0.15, 0.2) is 0 Å². The lowest BCUT2D eigenvalue weighted by Crippen LogP contribution is -2.34. The van der Waals surface area contributed by atoms with Crippen molar-refractivity contribution in [2.75, 3.05) is 19.5 Å². The van der Waals surface area contributed by atoms with E-state index in [1.165, 1.54) is 12.1 Å². The lowest BCUT2D eigenvalue weighted by atomic mass is 9.99. The molecule has 0 aliphatic carbocycles. The van der Waals surface area contributed by atoms with Crippen LogP contribution in [0.4, 0.5) is 13.2 Å². The Morgan fingerprint density at radius 1 is 1.23 bits per heavy atom. The van der Waals surface area contributed by atoms with Gasteiger partial charge in [-0.05, 0) is 48.2 Å². The second-order valence-electron chi connectivity index (χ2n) is 6.99. The number of alkyl halides is 3. The number of rotatable bonds is 7. The second-order valence-corrected chi connectivity index (χ2v) is 8.28. The zero-order valence-corrected chi connectivity index (χ0v) is 17.2. The molecule has 1 saturated heterocycles. The normalized spacial score (nSPS) is 17.6. The first-order chi connectivity index (χ1) is 14.3. The molecule has 0 saturated carbocycles. The Kier molecular flexibility index (Phi) is 7.27. The molecule has 0 bridgehead atoms. The van der Waals surface area contributed by atoms with Crippen molar-refractivity contribution in [2.45, 2.75) is 30.3 Å². The average Bonchev–Trinajstić information content (AvgIpc) is 3.22. The Hall–Kier alpha value is -2.23. The van der Waals surface area contributed by atoms with E-state index in [1.807, 2.05) is 23.9 Å². The van der Waals surface area contributed by atoms with Crippen molar-refractivity contribution < 1.29 is 27.4 Å². The molecule has 0 spiro atoms. The zero-order chi connectivity index (χ0) is 21.7. The van der Waals surface area contributed by atoms with Crippen molar-refractivity contribution in [2.24, 2.45) is 5.73 Å². The Bertz CT molecular complexity index is 869. The fraction of sp³-hybridized carbons (Fsp3) is 0.381. The molecule has 0 aromatic heterocycles. The van der Waals surface area contributed by atoms with Gasteiger partial charge in [-0.2, -0.15) is 13.2 Å². The van der Waals surface area contributed by atoms with Gasteiger partial charge in [-0.3, -0.25) is 4.79 Å². The molecule has 3 rings (SSSR count). The molecule has 1 fully saturated rings. The molecule has 2 aromatic rings. The van der Waals surface area contributed by atoms with Crippen LogP contribution in [0.2, 0.25) is 0 Å². The van der Waals surface area contributed by atoms with Gasteiger partial charge in [-0.1, -0.05) is 18.2 Å². The maximum absolute atomic E-state index is 13.5. The predicted octanol–water partition coefficient (Wildman–Crippen LogP) is 3.75.